The van der Waals surface area contributed by atoms with Crippen LogP contribution in [0.4, 0.5) is 5.69 Å². The van der Waals surface area contributed by atoms with E-state index < -0.39 is 0 Å². The largest absolute Gasteiger partial charge is 0.348 e. The van der Waals surface area contributed by atoms with Crippen LogP contribution in [0, 0.1) is 12.8 Å². The third kappa shape index (κ3) is 4.93. The van der Waals surface area contributed by atoms with Crippen molar-refractivity contribution < 1.29 is 0 Å². The molecule has 1 aliphatic carbocycles. The van der Waals surface area contributed by atoms with E-state index >= 15 is 0 Å². The zero-order valence-electron chi connectivity index (χ0n) is 19.7. The predicted molar refractivity (Wildman–Crippen MR) is 139 cm³/mol. The summed E-state index contributed by atoms with van der Waals surface area (Å²) in [5, 5.41) is 1.23. The topological polar surface area (TPSA) is 6.48 Å². The van der Waals surface area contributed by atoms with E-state index in [1.807, 2.05) is 12.2 Å². The van der Waals surface area contributed by atoms with Crippen molar-refractivity contribution in [3.63, 3.8) is 0 Å². The van der Waals surface area contributed by atoms with Gasteiger partial charge in [0.15, 0.2) is 0 Å². The molecule has 0 radical (unpaired) electrons. The highest BCUT2D eigenvalue weighted by Crippen LogP contribution is 2.43. The second-order valence-electron chi connectivity index (χ2n) is 8.44. The van der Waals surface area contributed by atoms with Gasteiger partial charge in [0.1, 0.15) is 0 Å². The fraction of sp³-hybridized carbons (Fsp3) is 0.357. The van der Waals surface area contributed by atoms with Crippen molar-refractivity contribution in [2.45, 2.75) is 46.5 Å². The van der Waals surface area contributed by atoms with Crippen LogP contribution in [0.2, 0.25) is 0 Å². The maximum atomic E-state index is 4.00. The SMILES string of the molecule is C=CC1=C(C=C)N(C)/C(=C/C(/C=C(\C(C)CC)N(C)c2ccccc2C)=C2CCC2)S1. The Morgan fingerprint density at radius 3 is 2.45 bits per heavy atom. The van der Waals surface area contributed by atoms with Crippen LogP contribution in [-0.2, 0) is 0 Å². The van der Waals surface area contributed by atoms with E-state index in [9.17, 15) is 0 Å². The Morgan fingerprint density at radius 1 is 1.23 bits per heavy atom. The Balaban J connectivity index is 2.05. The molecule has 3 heteroatoms. The Bertz CT molecular complexity index is 970. The molecule has 0 aromatic heterocycles. The van der Waals surface area contributed by atoms with E-state index in [-0.39, 0.29) is 0 Å². The Labute approximate surface area is 193 Å². The summed E-state index contributed by atoms with van der Waals surface area (Å²) in [6.45, 7) is 14.8. The summed E-state index contributed by atoms with van der Waals surface area (Å²) in [6.07, 6.45) is 13.5. The maximum absolute atomic E-state index is 4.00. The average Bonchev–Trinajstić information content (AvgIpc) is 3.04. The smallest absolute Gasteiger partial charge is 0.0804 e. The first-order valence-corrected chi connectivity index (χ1v) is 12.1. The van der Waals surface area contributed by atoms with Crippen LogP contribution >= 0.6 is 11.8 Å². The van der Waals surface area contributed by atoms with E-state index in [4.69, 9.17) is 0 Å². The molecule has 2 nitrogen and oxygen atoms in total. The van der Waals surface area contributed by atoms with Crippen molar-refractivity contribution in [2.75, 3.05) is 19.0 Å². The average molecular weight is 433 g/mol. The maximum Gasteiger partial charge on any atom is 0.0804 e. The number of anilines is 1. The molecule has 31 heavy (non-hydrogen) atoms. The summed E-state index contributed by atoms with van der Waals surface area (Å²) in [5.41, 5.74) is 8.01. The molecule has 0 saturated heterocycles. The lowest BCUT2D eigenvalue weighted by molar-refractivity contribution is 0.581. The minimum absolute atomic E-state index is 0.471. The quantitative estimate of drug-likeness (QED) is 0.411. The molecule has 1 fully saturated rings. The van der Waals surface area contributed by atoms with Gasteiger partial charge >= 0.3 is 0 Å². The van der Waals surface area contributed by atoms with Crippen LogP contribution < -0.4 is 4.90 Å². The number of likely N-dealkylation sites (N-methyl/N-ethyl adjacent to an activating group) is 1. The minimum Gasteiger partial charge on any atom is -0.348 e. The molecular formula is C28H36N2S. The van der Waals surface area contributed by atoms with Gasteiger partial charge in [0.05, 0.1) is 10.7 Å². The normalized spacial score (nSPS) is 18.9. The van der Waals surface area contributed by atoms with E-state index in [1.54, 1.807) is 17.3 Å². The van der Waals surface area contributed by atoms with Gasteiger partial charge in [-0.05, 0) is 74.0 Å². The zero-order chi connectivity index (χ0) is 22.5. The zero-order valence-corrected chi connectivity index (χ0v) is 20.6. The second kappa shape index (κ2) is 10.3. The Morgan fingerprint density at radius 2 is 1.94 bits per heavy atom. The molecule has 1 atom stereocenters. The molecule has 0 N–H and O–H groups in total. The van der Waals surface area contributed by atoms with E-state index in [2.05, 4.69) is 94.2 Å². The number of nitrogens with zero attached hydrogens (tertiary/aromatic N) is 2. The first kappa shape index (κ1) is 23.3. The molecule has 0 amide bonds. The van der Waals surface area contributed by atoms with Crippen LogP contribution in [0.5, 0.6) is 0 Å². The highest BCUT2D eigenvalue weighted by molar-refractivity contribution is 8.07. The molecule has 2 aliphatic rings. The lowest BCUT2D eigenvalue weighted by atomic mass is 9.86. The highest BCUT2D eigenvalue weighted by Gasteiger charge is 2.23. The van der Waals surface area contributed by atoms with Crippen LogP contribution in [0.1, 0.15) is 45.1 Å². The third-order valence-electron chi connectivity index (χ3n) is 6.47. The summed E-state index contributed by atoms with van der Waals surface area (Å²) in [6, 6.07) is 8.65. The number of thioether (sulfide) groups is 1. The first-order valence-electron chi connectivity index (χ1n) is 11.3. The van der Waals surface area contributed by atoms with Gasteiger partial charge in [-0.25, -0.2) is 0 Å². The lowest BCUT2D eigenvalue weighted by Gasteiger charge is -2.30. The van der Waals surface area contributed by atoms with Gasteiger partial charge in [0.25, 0.3) is 0 Å². The molecular weight excluding hydrogens is 396 g/mol. The van der Waals surface area contributed by atoms with Crippen molar-refractivity contribution in [2.24, 2.45) is 5.92 Å². The molecule has 164 valence electrons. The van der Waals surface area contributed by atoms with Gasteiger partial charge < -0.3 is 9.80 Å². The molecule has 1 saturated carbocycles. The van der Waals surface area contributed by atoms with Gasteiger partial charge in [-0.15, -0.1) is 0 Å². The number of hydrogen-bond donors (Lipinski definition) is 0. The van der Waals surface area contributed by atoms with Crippen molar-refractivity contribution in [1.82, 2.24) is 4.90 Å². The van der Waals surface area contributed by atoms with E-state index in [1.165, 1.54) is 51.7 Å². The minimum atomic E-state index is 0.471. The number of allylic oxidation sites excluding steroid dienone is 7. The summed E-state index contributed by atoms with van der Waals surface area (Å²) >= 11 is 1.78. The number of benzene rings is 1. The number of para-hydroxylation sites is 1. The van der Waals surface area contributed by atoms with Crippen molar-refractivity contribution in [1.29, 1.82) is 0 Å². The molecule has 0 spiro atoms. The lowest BCUT2D eigenvalue weighted by Crippen LogP contribution is -2.22. The monoisotopic (exact) mass is 432 g/mol. The summed E-state index contributed by atoms with van der Waals surface area (Å²) in [7, 11) is 4.33. The number of rotatable bonds is 8. The van der Waals surface area contributed by atoms with Gasteiger partial charge in [0.2, 0.25) is 0 Å². The van der Waals surface area contributed by atoms with Gasteiger partial charge in [-0.2, -0.15) is 0 Å². The molecule has 1 heterocycles. The molecule has 1 aromatic carbocycles. The molecule has 0 bridgehead atoms. The fourth-order valence-electron chi connectivity index (χ4n) is 4.07. The number of aryl methyl sites for hydroxylation is 1. The van der Waals surface area contributed by atoms with Crippen molar-refractivity contribution >= 4 is 17.4 Å². The summed E-state index contributed by atoms with van der Waals surface area (Å²) in [5.74, 6) is 0.471. The Hall–Kier alpha value is -2.39. The van der Waals surface area contributed by atoms with Crippen molar-refractivity contribution in [3.8, 4) is 0 Å². The van der Waals surface area contributed by atoms with Crippen LogP contribution in [0.15, 0.2) is 94.2 Å². The standard InChI is InChI=1S/C28H36N2S/c1-8-20(4)26(29(6)25-17-12-11-14-21(25)5)18-23(22-15-13-16-22)19-28-30(7)24(9-2)27(10-3)31-28/h9-12,14,17-20H,2-3,8,13,15-16H2,1,4-7H3/b26-18+,28-19-. The molecule has 1 aliphatic heterocycles. The van der Waals surface area contributed by atoms with Crippen LogP contribution in [-0.4, -0.2) is 19.0 Å². The second-order valence-corrected chi connectivity index (χ2v) is 9.50. The fourth-order valence-corrected chi connectivity index (χ4v) is 5.12. The Kier molecular flexibility index (Phi) is 7.72. The van der Waals surface area contributed by atoms with Crippen LogP contribution in [0.3, 0.4) is 0 Å². The third-order valence-corrected chi connectivity index (χ3v) is 7.66. The van der Waals surface area contributed by atoms with Gasteiger partial charge in [-0.1, -0.05) is 68.6 Å². The molecule has 1 aromatic rings. The van der Waals surface area contributed by atoms with Crippen molar-refractivity contribution in [3.05, 3.63) is 99.8 Å². The van der Waals surface area contributed by atoms with E-state index in [0.29, 0.717) is 5.92 Å². The molecule has 1 unspecified atom stereocenters. The van der Waals surface area contributed by atoms with Gasteiger partial charge in [-0.3, -0.25) is 0 Å². The number of hydrogen-bond acceptors (Lipinski definition) is 3. The van der Waals surface area contributed by atoms with E-state index in [0.717, 1.165) is 12.1 Å². The molecule has 3 rings (SSSR count). The predicted octanol–water partition coefficient (Wildman–Crippen LogP) is 7.95. The first-order chi connectivity index (χ1) is 14.9. The highest BCUT2D eigenvalue weighted by atomic mass is 32.2. The summed E-state index contributed by atoms with van der Waals surface area (Å²) < 4.78 is 0. The van der Waals surface area contributed by atoms with Crippen LogP contribution in [0.25, 0.3) is 0 Å². The summed E-state index contributed by atoms with van der Waals surface area (Å²) in [4.78, 5) is 5.79. The van der Waals surface area contributed by atoms with Gasteiger partial charge in [0, 0.05) is 30.4 Å².